The van der Waals surface area contributed by atoms with Crippen LogP contribution in [0.3, 0.4) is 0 Å². The van der Waals surface area contributed by atoms with Crippen LogP contribution in [0.25, 0.3) is 0 Å². The van der Waals surface area contributed by atoms with E-state index in [1.807, 2.05) is 0 Å². The first-order chi connectivity index (χ1) is 16.5. The molecule has 0 unspecified atom stereocenters. The first-order valence-corrected chi connectivity index (χ1v) is 13.9. The molecule has 0 atom stereocenters. The molecule has 2 heterocycles. The molecule has 3 rings (SSSR count). The normalized spacial score (nSPS) is 15.7. The van der Waals surface area contributed by atoms with Gasteiger partial charge in [0.25, 0.3) is 10.1 Å². The van der Waals surface area contributed by atoms with Gasteiger partial charge in [-0.15, -0.1) is 4.33 Å². The number of nitrogens with zero attached hydrogens (tertiary/aromatic N) is 5. The Kier molecular flexibility index (Phi) is 9.01. The fourth-order valence-corrected chi connectivity index (χ4v) is 4.91. The largest absolute Gasteiger partial charge is 0.368 e. The minimum absolute atomic E-state index is 0.0407. The Bertz CT molecular complexity index is 1240. The van der Waals surface area contributed by atoms with Gasteiger partial charge in [0, 0.05) is 39.3 Å². The van der Waals surface area contributed by atoms with E-state index in [2.05, 4.69) is 39.9 Å². The van der Waals surface area contributed by atoms with Gasteiger partial charge in [0.1, 0.15) is 0 Å². The summed E-state index contributed by atoms with van der Waals surface area (Å²) >= 11 is 0.549. The van der Waals surface area contributed by atoms with Crippen LogP contribution >= 0.6 is 12.0 Å². The fourth-order valence-electron chi connectivity index (χ4n) is 3.15. The van der Waals surface area contributed by atoms with E-state index in [0.29, 0.717) is 51.3 Å². The van der Waals surface area contributed by atoms with Crippen molar-refractivity contribution in [2.75, 3.05) is 61.9 Å². The van der Waals surface area contributed by atoms with Crippen molar-refractivity contribution in [1.29, 1.82) is 0 Å². The van der Waals surface area contributed by atoms with Crippen LogP contribution in [-0.4, -0.2) is 96.3 Å². The molecule has 2 aromatic rings. The van der Waals surface area contributed by atoms with Gasteiger partial charge in [-0.05, 0) is 18.2 Å². The Balaban J connectivity index is 1.66. The standard InChI is InChI=1S/C16H24N8O8S3/c1-34(26,27)24-8-6-23(7-9-24)5-4-18-15-20-14(17)21-16(22-15)19-12-10-11(35(28,29)30)2-3-13(12)33-32-31-25/h2-3,10,25H,4-9H2,1H3,(H,28,29,30)(H4,17,18,19,20,21,22). The minimum atomic E-state index is -4.51. The molecule has 0 radical (unpaired) electrons. The monoisotopic (exact) mass is 552 g/mol. The van der Waals surface area contributed by atoms with Gasteiger partial charge in [-0.1, -0.05) is 5.04 Å². The topological polar surface area (TPSA) is 222 Å². The lowest BCUT2D eigenvalue weighted by Gasteiger charge is -2.33. The third-order valence-electron chi connectivity index (χ3n) is 4.81. The van der Waals surface area contributed by atoms with E-state index < -0.39 is 25.0 Å². The number of anilines is 4. The third-order valence-corrected chi connectivity index (χ3v) is 7.63. The molecule has 0 bridgehead atoms. The van der Waals surface area contributed by atoms with Crippen molar-refractivity contribution in [2.45, 2.75) is 9.79 Å². The Hall–Kier alpha value is -2.36. The summed E-state index contributed by atoms with van der Waals surface area (Å²) in [6, 6.07) is 3.51. The van der Waals surface area contributed by atoms with Crippen molar-refractivity contribution in [3.63, 3.8) is 0 Å². The van der Waals surface area contributed by atoms with E-state index in [4.69, 9.17) is 11.0 Å². The lowest BCUT2D eigenvalue weighted by atomic mass is 10.3. The van der Waals surface area contributed by atoms with Crippen molar-refractivity contribution in [2.24, 2.45) is 0 Å². The Morgan fingerprint density at radius 2 is 1.80 bits per heavy atom. The Morgan fingerprint density at radius 3 is 2.43 bits per heavy atom. The molecule has 194 valence electrons. The second kappa shape index (κ2) is 11.6. The highest BCUT2D eigenvalue weighted by atomic mass is 32.2. The molecule has 1 fully saturated rings. The quantitative estimate of drug-likeness (QED) is 0.106. The maximum atomic E-state index is 11.6. The van der Waals surface area contributed by atoms with Crippen molar-refractivity contribution < 1.29 is 36.0 Å². The van der Waals surface area contributed by atoms with Gasteiger partial charge in [0.2, 0.25) is 27.9 Å². The van der Waals surface area contributed by atoms with Crippen LogP contribution in [0.4, 0.5) is 23.5 Å². The number of nitrogen functional groups attached to an aromatic ring is 1. The number of hydrogen-bond donors (Lipinski definition) is 5. The fraction of sp³-hybridized carbons (Fsp3) is 0.438. The molecule has 1 aliphatic rings. The molecule has 1 aliphatic heterocycles. The molecule has 1 aromatic heterocycles. The summed E-state index contributed by atoms with van der Waals surface area (Å²) in [5, 5.41) is 17.7. The molecule has 0 spiro atoms. The number of aromatic nitrogens is 3. The Labute approximate surface area is 205 Å². The second-order valence-electron chi connectivity index (χ2n) is 7.26. The molecule has 19 heteroatoms. The second-order valence-corrected chi connectivity index (χ2v) is 11.4. The molecule has 16 nitrogen and oxygen atoms in total. The number of nitrogens with one attached hydrogen (secondary N) is 2. The van der Waals surface area contributed by atoms with Gasteiger partial charge in [0.05, 0.1) is 33.8 Å². The maximum absolute atomic E-state index is 11.6. The van der Waals surface area contributed by atoms with E-state index in [9.17, 15) is 21.4 Å². The molecule has 35 heavy (non-hydrogen) atoms. The van der Waals surface area contributed by atoms with Crippen LogP contribution in [0.5, 0.6) is 0 Å². The number of sulfonamides is 1. The van der Waals surface area contributed by atoms with Gasteiger partial charge < -0.3 is 16.4 Å². The first-order valence-electron chi connectivity index (χ1n) is 9.92. The number of piperazine rings is 1. The number of benzene rings is 1. The maximum Gasteiger partial charge on any atom is 0.294 e. The van der Waals surface area contributed by atoms with E-state index in [-0.39, 0.29) is 28.4 Å². The van der Waals surface area contributed by atoms with Crippen LogP contribution in [0.1, 0.15) is 0 Å². The van der Waals surface area contributed by atoms with E-state index in [0.717, 1.165) is 12.1 Å². The summed E-state index contributed by atoms with van der Waals surface area (Å²) in [5.74, 6) is -0.0206. The summed E-state index contributed by atoms with van der Waals surface area (Å²) in [4.78, 5) is 14.1. The average molecular weight is 553 g/mol. The highest BCUT2D eigenvalue weighted by Gasteiger charge is 2.23. The van der Waals surface area contributed by atoms with Gasteiger partial charge in [0.15, 0.2) is 0 Å². The van der Waals surface area contributed by atoms with Crippen molar-refractivity contribution in [3.8, 4) is 0 Å². The highest BCUT2D eigenvalue weighted by Crippen LogP contribution is 2.32. The minimum Gasteiger partial charge on any atom is -0.368 e. The lowest BCUT2D eigenvalue weighted by Crippen LogP contribution is -2.49. The number of nitrogens with two attached hydrogens (primary N) is 1. The predicted molar refractivity (Wildman–Crippen MR) is 126 cm³/mol. The zero-order valence-corrected chi connectivity index (χ0v) is 20.8. The number of rotatable bonds is 11. The lowest BCUT2D eigenvalue weighted by molar-refractivity contribution is -0.432. The van der Waals surface area contributed by atoms with Gasteiger partial charge in [-0.25, -0.2) is 13.7 Å². The van der Waals surface area contributed by atoms with Crippen LogP contribution < -0.4 is 16.4 Å². The Morgan fingerprint density at radius 1 is 1.11 bits per heavy atom. The molecule has 1 aromatic carbocycles. The van der Waals surface area contributed by atoms with Gasteiger partial charge >= 0.3 is 0 Å². The van der Waals surface area contributed by atoms with Crippen LogP contribution in [-0.2, 0) is 29.5 Å². The van der Waals surface area contributed by atoms with Crippen molar-refractivity contribution in [3.05, 3.63) is 18.2 Å². The summed E-state index contributed by atoms with van der Waals surface area (Å²) in [5.41, 5.74) is 5.87. The predicted octanol–water partition coefficient (Wildman–Crippen LogP) is -0.138. The molecule has 0 amide bonds. The zero-order valence-electron chi connectivity index (χ0n) is 18.4. The molecule has 1 saturated heterocycles. The van der Waals surface area contributed by atoms with Gasteiger partial charge in [-0.2, -0.15) is 27.7 Å². The van der Waals surface area contributed by atoms with E-state index in [1.54, 1.807) is 0 Å². The summed E-state index contributed by atoms with van der Waals surface area (Å²) in [6.45, 7) is 3.04. The van der Waals surface area contributed by atoms with Crippen LogP contribution in [0.15, 0.2) is 28.0 Å². The summed E-state index contributed by atoms with van der Waals surface area (Å²) in [6.07, 6.45) is 1.19. The SMILES string of the molecule is CS(=O)(=O)N1CCN(CCNc2nc(N)nc(Nc3cc(S(=O)(=O)O)ccc3SOOO)n2)CC1. The van der Waals surface area contributed by atoms with Crippen molar-refractivity contribution >= 4 is 55.7 Å². The van der Waals surface area contributed by atoms with Crippen molar-refractivity contribution in [1.82, 2.24) is 24.2 Å². The molecule has 0 aliphatic carbocycles. The first kappa shape index (κ1) is 27.2. The van der Waals surface area contributed by atoms with E-state index in [1.165, 1.54) is 16.6 Å². The average Bonchev–Trinajstić information content (AvgIpc) is 2.77. The highest BCUT2D eigenvalue weighted by molar-refractivity contribution is 7.94. The molecule has 6 N–H and O–H groups in total. The third kappa shape index (κ3) is 8.08. The van der Waals surface area contributed by atoms with Crippen LogP contribution in [0.2, 0.25) is 0 Å². The van der Waals surface area contributed by atoms with Crippen LogP contribution in [0, 0.1) is 0 Å². The smallest absolute Gasteiger partial charge is 0.294 e. The molecule has 0 saturated carbocycles. The molecular formula is C16H24N8O8S3. The van der Waals surface area contributed by atoms with Gasteiger partial charge in [-0.3, -0.25) is 9.45 Å². The number of hydrogen-bond acceptors (Lipinski definition) is 15. The summed E-state index contributed by atoms with van der Waals surface area (Å²) < 4.78 is 61.4. The molecular weight excluding hydrogens is 528 g/mol. The zero-order chi connectivity index (χ0) is 25.6. The van der Waals surface area contributed by atoms with E-state index >= 15 is 0 Å². The summed E-state index contributed by atoms with van der Waals surface area (Å²) in [7, 11) is -7.71.